The molecule has 0 saturated carbocycles. The number of hydrogen-bond donors (Lipinski definition) is 1. The Morgan fingerprint density at radius 2 is 2.00 bits per heavy atom. The molecule has 2 amide bonds. The summed E-state index contributed by atoms with van der Waals surface area (Å²) < 4.78 is 18.6. The van der Waals surface area contributed by atoms with Crippen LogP contribution in [0.1, 0.15) is 17.3 Å². The second-order valence-electron chi connectivity index (χ2n) is 6.34. The number of nitrogens with zero attached hydrogens (tertiary/aromatic N) is 2. The van der Waals surface area contributed by atoms with Gasteiger partial charge in [-0.05, 0) is 49.4 Å². The number of fused-ring (bicyclic) bond motifs is 1. The predicted molar refractivity (Wildman–Crippen MR) is 105 cm³/mol. The fourth-order valence-corrected chi connectivity index (χ4v) is 3.62. The number of amides is 2. The minimum atomic E-state index is -0.518. The topological polar surface area (TPSA) is 71.5 Å². The maximum Gasteiger partial charge on any atom is 0.267 e. The SMILES string of the molecule is C[C@H]1Oc2ccc(-c3csc(NC(=O)c4ccc(F)cc4)n3)cc2N(C)C1=O. The zero-order valence-electron chi connectivity index (χ0n) is 15.1. The van der Waals surface area contributed by atoms with Crippen molar-refractivity contribution in [1.29, 1.82) is 0 Å². The van der Waals surface area contributed by atoms with E-state index in [9.17, 15) is 14.0 Å². The van der Waals surface area contributed by atoms with Gasteiger partial charge >= 0.3 is 0 Å². The molecule has 6 nitrogen and oxygen atoms in total. The van der Waals surface area contributed by atoms with Gasteiger partial charge in [-0.25, -0.2) is 9.37 Å². The second kappa shape index (κ2) is 7.05. The smallest absolute Gasteiger partial charge is 0.267 e. The fraction of sp³-hybridized carbons (Fsp3) is 0.150. The predicted octanol–water partition coefficient (Wildman–Crippen LogP) is 3.95. The average molecular weight is 397 g/mol. The van der Waals surface area contributed by atoms with Crippen molar-refractivity contribution in [1.82, 2.24) is 4.98 Å². The van der Waals surface area contributed by atoms with E-state index < -0.39 is 11.9 Å². The monoisotopic (exact) mass is 397 g/mol. The summed E-state index contributed by atoms with van der Waals surface area (Å²) in [5, 5.41) is 4.95. The minimum Gasteiger partial charge on any atom is -0.479 e. The van der Waals surface area contributed by atoms with Crippen LogP contribution in [0.15, 0.2) is 47.8 Å². The Morgan fingerprint density at radius 3 is 2.75 bits per heavy atom. The molecule has 142 valence electrons. The lowest BCUT2D eigenvalue weighted by Crippen LogP contribution is -2.41. The van der Waals surface area contributed by atoms with Crippen LogP contribution in [-0.2, 0) is 4.79 Å². The van der Waals surface area contributed by atoms with Gasteiger partial charge < -0.3 is 9.64 Å². The van der Waals surface area contributed by atoms with Crippen LogP contribution in [0.4, 0.5) is 15.2 Å². The molecule has 3 aromatic rings. The minimum absolute atomic E-state index is 0.116. The van der Waals surface area contributed by atoms with Crippen molar-refractivity contribution in [3.05, 3.63) is 59.2 Å². The third-order valence-electron chi connectivity index (χ3n) is 4.43. The second-order valence-corrected chi connectivity index (χ2v) is 7.20. The van der Waals surface area contributed by atoms with Crippen molar-refractivity contribution in [3.63, 3.8) is 0 Å². The first-order valence-corrected chi connectivity index (χ1v) is 9.41. The molecule has 0 fully saturated rings. The molecule has 0 unspecified atom stereocenters. The summed E-state index contributed by atoms with van der Waals surface area (Å²) in [4.78, 5) is 30.4. The molecule has 0 bridgehead atoms. The Labute approximate surface area is 164 Å². The van der Waals surface area contributed by atoms with Gasteiger partial charge in [0.25, 0.3) is 11.8 Å². The number of carbonyl (C=O) groups excluding carboxylic acids is 2. The van der Waals surface area contributed by atoms with Crippen LogP contribution in [0.5, 0.6) is 5.75 Å². The molecule has 1 aromatic heterocycles. The quantitative estimate of drug-likeness (QED) is 0.727. The van der Waals surface area contributed by atoms with Gasteiger partial charge in [-0.2, -0.15) is 0 Å². The highest BCUT2D eigenvalue weighted by atomic mass is 32.1. The Hall–Kier alpha value is -3.26. The Kier molecular flexibility index (Phi) is 4.56. The van der Waals surface area contributed by atoms with Crippen LogP contribution < -0.4 is 15.0 Å². The molecule has 4 rings (SSSR count). The van der Waals surface area contributed by atoms with Crippen LogP contribution in [0.3, 0.4) is 0 Å². The van der Waals surface area contributed by atoms with Gasteiger partial charge in [0.05, 0.1) is 11.4 Å². The zero-order chi connectivity index (χ0) is 19.8. The van der Waals surface area contributed by atoms with Crippen molar-refractivity contribution >= 4 is 34.0 Å². The standard InChI is InChI=1S/C20H16FN3O3S/c1-11-19(26)24(2)16-9-13(5-8-17(16)27-11)15-10-28-20(22-15)23-18(25)12-3-6-14(21)7-4-12/h3-11H,1-2H3,(H,22,23,25)/t11-/m1/s1. The van der Waals surface area contributed by atoms with E-state index in [4.69, 9.17) is 4.74 Å². The van der Waals surface area contributed by atoms with Crippen molar-refractivity contribution in [2.75, 3.05) is 17.3 Å². The van der Waals surface area contributed by atoms with Gasteiger partial charge in [0.1, 0.15) is 11.6 Å². The Balaban J connectivity index is 1.55. The van der Waals surface area contributed by atoms with Crippen LogP contribution >= 0.6 is 11.3 Å². The van der Waals surface area contributed by atoms with Crippen molar-refractivity contribution in [3.8, 4) is 17.0 Å². The molecule has 1 N–H and O–H groups in total. The van der Waals surface area contributed by atoms with Crippen molar-refractivity contribution in [2.24, 2.45) is 0 Å². The van der Waals surface area contributed by atoms with E-state index in [1.165, 1.54) is 35.6 Å². The zero-order valence-corrected chi connectivity index (χ0v) is 15.9. The maximum atomic E-state index is 13.0. The molecule has 1 aliphatic rings. The number of nitrogens with one attached hydrogen (secondary N) is 1. The van der Waals surface area contributed by atoms with E-state index in [1.807, 2.05) is 17.5 Å². The van der Waals surface area contributed by atoms with Crippen molar-refractivity contribution < 1.29 is 18.7 Å². The third-order valence-corrected chi connectivity index (χ3v) is 5.19. The molecule has 0 spiro atoms. The molecular formula is C20H16FN3O3S. The molecular weight excluding hydrogens is 381 g/mol. The number of benzene rings is 2. The Bertz CT molecular complexity index is 1060. The van der Waals surface area contributed by atoms with Gasteiger partial charge in [0.15, 0.2) is 11.2 Å². The molecule has 28 heavy (non-hydrogen) atoms. The van der Waals surface area contributed by atoms with Crippen LogP contribution in [0.2, 0.25) is 0 Å². The molecule has 0 saturated heterocycles. The van der Waals surface area contributed by atoms with E-state index in [2.05, 4.69) is 10.3 Å². The number of aromatic nitrogens is 1. The van der Waals surface area contributed by atoms with Crippen LogP contribution in [0, 0.1) is 5.82 Å². The molecule has 1 atom stereocenters. The first kappa shape index (κ1) is 18.1. The number of hydrogen-bond acceptors (Lipinski definition) is 5. The van der Waals surface area contributed by atoms with E-state index in [0.29, 0.717) is 27.8 Å². The van der Waals surface area contributed by atoms with Gasteiger partial charge in [-0.15, -0.1) is 11.3 Å². The summed E-state index contributed by atoms with van der Waals surface area (Å²) in [5.74, 6) is -0.241. The van der Waals surface area contributed by atoms with Gasteiger partial charge in [0, 0.05) is 23.6 Å². The van der Waals surface area contributed by atoms with Gasteiger partial charge in [0.2, 0.25) is 0 Å². The van der Waals surface area contributed by atoms with E-state index in [1.54, 1.807) is 24.9 Å². The molecule has 1 aliphatic heterocycles. The van der Waals surface area contributed by atoms with Gasteiger partial charge in [-0.1, -0.05) is 0 Å². The number of ether oxygens (including phenoxy) is 1. The first-order chi connectivity index (χ1) is 13.4. The first-order valence-electron chi connectivity index (χ1n) is 8.53. The lowest BCUT2D eigenvalue weighted by atomic mass is 10.1. The summed E-state index contributed by atoms with van der Waals surface area (Å²) >= 11 is 1.28. The maximum absolute atomic E-state index is 13.0. The summed E-state index contributed by atoms with van der Waals surface area (Å²) in [6.45, 7) is 1.71. The number of halogens is 1. The molecule has 2 aromatic carbocycles. The summed E-state index contributed by atoms with van der Waals surface area (Å²) in [5.41, 5.74) is 2.49. The van der Waals surface area contributed by atoms with Crippen LogP contribution in [0.25, 0.3) is 11.3 Å². The summed E-state index contributed by atoms with van der Waals surface area (Å²) in [7, 11) is 1.71. The lowest BCUT2D eigenvalue weighted by molar-refractivity contribution is -0.125. The van der Waals surface area contributed by atoms with E-state index in [0.717, 1.165) is 5.56 Å². The summed E-state index contributed by atoms with van der Waals surface area (Å²) in [6, 6.07) is 10.8. The fourth-order valence-electron chi connectivity index (χ4n) is 2.91. The van der Waals surface area contributed by atoms with E-state index in [-0.39, 0.29) is 11.8 Å². The largest absolute Gasteiger partial charge is 0.479 e. The highest BCUT2D eigenvalue weighted by molar-refractivity contribution is 7.14. The van der Waals surface area contributed by atoms with Crippen molar-refractivity contribution in [2.45, 2.75) is 13.0 Å². The summed E-state index contributed by atoms with van der Waals surface area (Å²) in [6.07, 6.45) is -0.518. The lowest BCUT2D eigenvalue weighted by Gasteiger charge is -2.30. The molecule has 0 radical (unpaired) electrons. The molecule has 8 heteroatoms. The third kappa shape index (κ3) is 3.34. The highest BCUT2D eigenvalue weighted by Crippen LogP contribution is 2.37. The van der Waals surface area contributed by atoms with E-state index >= 15 is 0 Å². The van der Waals surface area contributed by atoms with Crippen LogP contribution in [-0.4, -0.2) is 29.9 Å². The van der Waals surface area contributed by atoms with Gasteiger partial charge in [-0.3, -0.25) is 14.9 Å². The number of likely N-dealkylation sites (N-methyl/N-ethyl adjacent to an activating group) is 1. The normalized spacial score (nSPS) is 15.8. The highest BCUT2D eigenvalue weighted by Gasteiger charge is 2.29. The molecule has 0 aliphatic carbocycles. The number of rotatable bonds is 3. The average Bonchev–Trinajstić information content (AvgIpc) is 3.15. The molecule has 2 heterocycles. The Morgan fingerprint density at radius 1 is 1.25 bits per heavy atom. The number of anilines is 2. The number of thiazole rings is 1. The number of carbonyl (C=O) groups is 2.